The fourth-order valence-corrected chi connectivity index (χ4v) is 2.28. The molecule has 5 heteroatoms. The number of imidazole rings is 1. The smallest absolute Gasteiger partial charge is 0.307 e. The minimum absolute atomic E-state index is 0.367. The number of aryl methyl sites for hydroxylation is 1. The molecule has 1 N–H and O–H groups in total. The third-order valence-corrected chi connectivity index (χ3v) is 3.51. The SMILES string of the molecule is CCN(Cc1cn2cccc(C)c2n1)CC(C)C(=O)O. The lowest BCUT2D eigenvalue weighted by Gasteiger charge is -2.21. The van der Waals surface area contributed by atoms with Crippen molar-refractivity contribution in [3.8, 4) is 0 Å². The van der Waals surface area contributed by atoms with Gasteiger partial charge in [-0.3, -0.25) is 9.69 Å². The van der Waals surface area contributed by atoms with Crippen molar-refractivity contribution in [2.75, 3.05) is 13.1 Å². The normalized spacial score (nSPS) is 13.0. The third-order valence-electron chi connectivity index (χ3n) is 3.51. The number of rotatable bonds is 6. The molecule has 0 bridgehead atoms. The van der Waals surface area contributed by atoms with Gasteiger partial charge >= 0.3 is 5.97 Å². The maximum absolute atomic E-state index is 10.9. The molecule has 5 nitrogen and oxygen atoms in total. The van der Waals surface area contributed by atoms with Gasteiger partial charge in [0, 0.05) is 25.5 Å². The second-order valence-electron chi connectivity index (χ2n) is 5.22. The van der Waals surface area contributed by atoms with Crippen molar-refractivity contribution in [1.29, 1.82) is 0 Å². The van der Waals surface area contributed by atoms with Crippen LogP contribution in [-0.2, 0) is 11.3 Å². The molecule has 2 aromatic rings. The highest BCUT2D eigenvalue weighted by Crippen LogP contribution is 2.12. The minimum Gasteiger partial charge on any atom is -0.481 e. The highest BCUT2D eigenvalue weighted by Gasteiger charge is 2.16. The molecule has 0 aliphatic heterocycles. The molecule has 0 aliphatic carbocycles. The molecule has 1 unspecified atom stereocenters. The maximum atomic E-state index is 10.9. The zero-order chi connectivity index (χ0) is 14.7. The molecule has 2 rings (SSSR count). The lowest BCUT2D eigenvalue weighted by atomic mass is 10.1. The lowest BCUT2D eigenvalue weighted by molar-refractivity contribution is -0.141. The summed E-state index contributed by atoms with van der Waals surface area (Å²) in [5.74, 6) is -1.12. The van der Waals surface area contributed by atoms with Gasteiger partial charge < -0.3 is 9.51 Å². The van der Waals surface area contributed by atoms with Crippen LogP contribution in [0.3, 0.4) is 0 Å². The Bertz CT molecular complexity index is 606. The Labute approximate surface area is 118 Å². The Morgan fingerprint density at radius 3 is 2.90 bits per heavy atom. The summed E-state index contributed by atoms with van der Waals surface area (Å²) in [6, 6.07) is 4.04. The van der Waals surface area contributed by atoms with Gasteiger partial charge in [-0.1, -0.05) is 19.9 Å². The number of hydrogen-bond donors (Lipinski definition) is 1. The monoisotopic (exact) mass is 275 g/mol. The topological polar surface area (TPSA) is 57.8 Å². The van der Waals surface area contributed by atoms with E-state index in [4.69, 9.17) is 5.11 Å². The minimum atomic E-state index is -0.755. The number of carbonyl (C=O) groups is 1. The standard InChI is InChI=1S/C15H21N3O2/c1-4-17(8-12(3)15(19)20)9-13-10-18-7-5-6-11(2)14(18)16-13/h5-7,10,12H,4,8-9H2,1-3H3,(H,19,20). The first kappa shape index (κ1) is 14.5. The van der Waals surface area contributed by atoms with E-state index in [0.29, 0.717) is 13.1 Å². The quantitative estimate of drug-likeness (QED) is 0.878. The number of pyridine rings is 1. The zero-order valence-corrected chi connectivity index (χ0v) is 12.2. The summed E-state index contributed by atoms with van der Waals surface area (Å²) in [5, 5.41) is 9.00. The van der Waals surface area contributed by atoms with E-state index in [0.717, 1.165) is 23.4 Å². The summed E-state index contributed by atoms with van der Waals surface area (Å²) >= 11 is 0. The van der Waals surface area contributed by atoms with Gasteiger partial charge in [0.25, 0.3) is 0 Å². The molecule has 2 aromatic heterocycles. The molecule has 2 heterocycles. The molecule has 20 heavy (non-hydrogen) atoms. The Balaban J connectivity index is 2.13. The van der Waals surface area contributed by atoms with Crippen LogP contribution in [0.4, 0.5) is 0 Å². The molecule has 1 atom stereocenters. The Morgan fingerprint density at radius 1 is 1.55 bits per heavy atom. The number of fused-ring (bicyclic) bond motifs is 1. The number of carboxylic acids is 1. The van der Waals surface area contributed by atoms with Crippen LogP contribution in [0, 0.1) is 12.8 Å². The van der Waals surface area contributed by atoms with Crippen LogP contribution < -0.4 is 0 Å². The molecule has 0 aromatic carbocycles. The van der Waals surface area contributed by atoms with Gasteiger partial charge in [-0.2, -0.15) is 0 Å². The average molecular weight is 275 g/mol. The van der Waals surface area contributed by atoms with Crippen LogP contribution in [-0.4, -0.2) is 38.4 Å². The Kier molecular flexibility index (Phi) is 4.39. The molecular weight excluding hydrogens is 254 g/mol. The van der Waals surface area contributed by atoms with E-state index >= 15 is 0 Å². The summed E-state index contributed by atoms with van der Waals surface area (Å²) < 4.78 is 2.01. The van der Waals surface area contributed by atoms with Gasteiger partial charge in [0.05, 0.1) is 11.6 Å². The van der Waals surface area contributed by atoms with Crippen molar-refractivity contribution in [3.63, 3.8) is 0 Å². The molecule has 108 valence electrons. The van der Waals surface area contributed by atoms with Crippen LogP contribution in [0.15, 0.2) is 24.5 Å². The number of nitrogens with zero attached hydrogens (tertiary/aromatic N) is 3. The fourth-order valence-electron chi connectivity index (χ4n) is 2.28. The predicted octanol–water partition coefficient (Wildman–Crippen LogP) is 2.19. The van der Waals surface area contributed by atoms with Crippen molar-refractivity contribution in [2.45, 2.75) is 27.3 Å². The first-order chi connectivity index (χ1) is 9.51. The van der Waals surface area contributed by atoms with Gasteiger partial charge in [0.2, 0.25) is 0 Å². The van der Waals surface area contributed by atoms with Crippen molar-refractivity contribution in [2.24, 2.45) is 5.92 Å². The van der Waals surface area contributed by atoms with E-state index in [1.165, 1.54) is 0 Å². The number of aliphatic carboxylic acids is 1. The summed E-state index contributed by atoms with van der Waals surface area (Å²) in [4.78, 5) is 17.7. The molecule has 0 fully saturated rings. The van der Waals surface area contributed by atoms with Gasteiger partial charge in [0.1, 0.15) is 5.65 Å². The van der Waals surface area contributed by atoms with E-state index in [1.807, 2.05) is 42.8 Å². The van der Waals surface area contributed by atoms with Gasteiger partial charge in [-0.15, -0.1) is 0 Å². The summed E-state index contributed by atoms with van der Waals surface area (Å²) in [5.41, 5.74) is 3.07. The Morgan fingerprint density at radius 2 is 2.30 bits per heavy atom. The molecule has 0 aliphatic rings. The van der Waals surface area contributed by atoms with Crippen molar-refractivity contribution < 1.29 is 9.90 Å². The van der Waals surface area contributed by atoms with E-state index in [1.54, 1.807) is 6.92 Å². The van der Waals surface area contributed by atoms with E-state index in [9.17, 15) is 4.79 Å². The van der Waals surface area contributed by atoms with Crippen molar-refractivity contribution in [3.05, 3.63) is 35.8 Å². The second kappa shape index (κ2) is 6.05. The largest absolute Gasteiger partial charge is 0.481 e. The number of aromatic nitrogens is 2. The maximum Gasteiger partial charge on any atom is 0.307 e. The van der Waals surface area contributed by atoms with Gasteiger partial charge in [0.15, 0.2) is 0 Å². The molecule has 0 spiro atoms. The number of hydrogen-bond acceptors (Lipinski definition) is 3. The van der Waals surface area contributed by atoms with E-state index < -0.39 is 5.97 Å². The molecular formula is C15H21N3O2. The molecule has 0 amide bonds. The average Bonchev–Trinajstić information content (AvgIpc) is 2.81. The first-order valence-electron chi connectivity index (χ1n) is 6.89. The van der Waals surface area contributed by atoms with Crippen LogP contribution in [0.5, 0.6) is 0 Å². The van der Waals surface area contributed by atoms with Crippen LogP contribution in [0.1, 0.15) is 25.1 Å². The first-order valence-corrected chi connectivity index (χ1v) is 6.89. The van der Waals surface area contributed by atoms with E-state index in [2.05, 4.69) is 9.88 Å². The molecule has 0 radical (unpaired) electrons. The van der Waals surface area contributed by atoms with Gasteiger partial charge in [-0.25, -0.2) is 4.98 Å². The second-order valence-corrected chi connectivity index (χ2v) is 5.22. The van der Waals surface area contributed by atoms with Crippen LogP contribution in [0.2, 0.25) is 0 Å². The fraction of sp³-hybridized carbons (Fsp3) is 0.467. The number of carboxylic acid groups (broad SMARTS) is 1. The van der Waals surface area contributed by atoms with Crippen molar-refractivity contribution in [1.82, 2.24) is 14.3 Å². The third kappa shape index (κ3) is 3.17. The Hall–Kier alpha value is -1.88. The summed E-state index contributed by atoms with van der Waals surface area (Å²) in [6.45, 7) is 7.84. The van der Waals surface area contributed by atoms with Gasteiger partial charge in [-0.05, 0) is 25.1 Å². The molecule has 0 saturated heterocycles. The van der Waals surface area contributed by atoms with Crippen LogP contribution in [0.25, 0.3) is 5.65 Å². The highest BCUT2D eigenvalue weighted by molar-refractivity contribution is 5.69. The lowest BCUT2D eigenvalue weighted by Crippen LogP contribution is -2.31. The van der Waals surface area contributed by atoms with Crippen LogP contribution >= 0.6 is 0 Å². The zero-order valence-electron chi connectivity index (χ0n) is 12.2. The van der Waals surface area contributed by atoms with E-state index in [-0.39, 0.29) is 5.92 Å². The summed E-state index contributed by atoms with van der Waals surface area (Å²) in [6.07, 6.45) is 3.99. The predicted molar refractivity (Wildman–Crippen MR) is 77.7 cm³/mol. The highest BCUT2D eigenvalue weighted by atomic mass is 16.4. The van der Waals surface area contributed by atoms with Crippen molar-refractivity contribution >= 4 is 11.6 Å². The summed E-state index contributed by atoms with van der Waals surface area (Å²) in [7, 11) is 0. The molecule has 0 saturated carbocycles.